The number of carbonyl (C=O) groups is 1. The van der Waals surface area contributed by atoms with Crippen LogP contribution in [-0.2, 0) is 14.3 Å². The first-order valence-electron chi connectivity index (χ1n) is 4.84. The van der Waals surface area contributed by atoms with E-state index in [9.17, 15) is 26.4 Å². The summed E-state index contributed by atoms with van der Waals surface area (Å²) in [4.78, 5) is 11.7. The monoisotopic (exact) mass is 316 g/mol. The number of hydrogen-bond donors (Lipinski definition) is 0. The zero-order valence-electron chi connectivity index (χ0n) is 9.44. The standard InChI is InChI=1S/C10H8ClF3O4S/c1-6(18-19(16,17)10(12,13)14)9(15)7-3-2-4-8(11)5-7/h2-6H,1H3/t6-/m1/s1. The second-order valence-electron chi connectivity index (χ2n) is 3.51. The van der Waals surface area contributed by atoms with Gasteiger partial charge in [-0.3, -0.25) is 8.98 Å². The van der Waals surface area contributed by atoms with Crippen LogP contribution in [0.25, 0.3) is 0 Å². The normalized spacial score (nSPS) is 14.2. The van der Waals surface area contributed by atoms with Gasteiger partial charge in [0.05, 0.1) is 0 Å². The third-order valence-electron chi connectivity index (χ3n) is 2.03. The number of ketones is 1. The van der Waals surface area contributed by atoms with Crippen molar-refractivity contribution in [3.8, 4) is 0 Å². The Balaban J connectivity index is 2.91. The zero-order chi connectivity index (χ0) is 14.8. The molecule has 0 fully saturated rings. The second-order valence-corrected chi connectivity index (χ2v) is 5.51. The second kappa shape index (κ2) is 5.48. The molecule has 19 heavy (non-hydrogen) atoms. The lowest BCUT2D eigenvalue weighted by Crippen LogP contribution is -2.32. The molecule has 1 aromatic carbocycles. The van der Waals surface area contributed by atoms with Crippen molar-refractivity contribution in [1.82, 2.24) is 0 Å². The average Bonchev–Trinajstić information content (AvgIpc) is 2.25. The molecule has 0 unspecified atom stereocenters. The largest absolute Gasteiger partial charge is 0.523 e. The Morgan fingerprint density at radius 1 is 1.37 bits per heavy atom. The van der Waals surface area contributed by atoms with E-state index in [1.165, 1.54) is 24.3 Å². The lowest BCUT2D eigenvalue weighted by molar-refractivity contribution is -0.0558. The van der Waals surface area contributed by atoms with Crippen LogP contribution in [0.2, 0.25) is 5.02 Å². The number of rotatable bonds is 4. The van der Waals surface area contributed by atoms with Crippen molar-refractivity contribution < 1.29 is 30.6 Å². The first-order chi connectivity index (χ1) is 8.54. The van der Waals surface area contributed by atoms with E-state index in [2.05, 4.69) is 4.18 Å². The molecule has 1 atom stereocenters. The van der Waals surface area contributed by atoms with Gasteiger partial charge in [-0.05, 0) is 19.1 Å². The maximum Gasteiger partial charge on any atom is 0.523 e. The quantitative estimate of drug-likeness (QED) is 0.487. The molecule has 1 rings (SSSR count). The van der Waals surface area contributed by atoms with E-state index in [1.807, 2.05) is 0 Å². The number of hydrogen-bond acceptors (Lipinski definition) is 4. The topological polar surface area (TPSA) is 60.4 Å². The van der Waals surface area contributed by atoms with Gasteiger partial charge in [-0.15, -0.1) is 0 Å². The van der Waals surface area contributed by atoms with Crippen LogP contribution in [0.4, 0.5) is 13.2 Å². The summed E-state index contributed by atoms with van der Waals surface area (Å²) < 4.78 is 61.5. The predicted molar refractivity (Wildman–Crippen MR) is 61.3 cm³/mol. The highest BCUT2D eigenvalue weighted by Gasteiger charge is 2.48. The summed E-state index contributed by atoms with van der Waals surface area (Å²) >= 11 is 5.61. The molecule has 0 aromatic heterocycles. The van der Waals surface area contributed by atoms with Gasteiger partial charge in [0.25, 0.3) is 0 Å². The van der Waals surface area contributed by atoms with Crippen molar-refractivity contribution in [3.05, 3.63) is 34.9 Å². The van der Waals surface area contributed by atoms with E-state index in [1.54, 1.807) is 0 Å². The Morgan fingerprint density at radius 3 is 2.42 bits per heavy atom. The Bertz CT molecular complexity index is 583. The van der Waals surface area contributed by atoms with Gasteiger partial charge in [-0.25, -0.2) is 0 Å². The smallest absolute Gasteiger partial charge is 0.291 e. The molecule has 0 spiro atoms. The molecule has 0 saturated heterocycles. The van der Waals surface area contributed by atoms with Crippen LogP contribution < -0.4 is 0 Å². The Hall–Kier alpha value is -1.12. The zero-order valence-corrected chi connectivity index (χ0v) is 11.0. The molecule has 0 heterocycles. The molecule has 1 aromatic rings. The lowest BCUT2D eigenvalue weighted by Gasteiger charge is -2.13. The lowest BCUT2D eigenvalue weighted by atomic mass is 10.1. The number of alkyl halides is 3. The van der Waals surface area contributed by atoms with Crippen LogP contribution in [0.15, 0.2) is 24.3 Å². The van der Waals surface area contributed by atoms with Crippen LogP contribution in [0.5, 0.6) is 0 Å². The minimum atomic E-state index is -5.81. The highest BCUT2D eigenvalue weighted by atomic mass is 35.5. The molecule has 106 valence electrons. The molecule has 0 N–H and O–H groups in total. The summed E-state index contributed by atoms with van der Waals surface area (Å²) in [5, 5.41) is 0.191. The summed E-state index contributed by atoms with van der Waals surface area (Å²) in [6.45, 7) is 0.909. The Morgan fingerprint density at radius 2 is 1.95 bits per heavy atom. The van der Waals surface area contributed by atoms with Gasteiger partial charge in [-0.1, -0.05) is 23.7 Å². The number of carbonyl (C=O) groups excluding carboxylic acids is 1. The fourth-order valence-corrected chi connectivity index (χ4v) is 1.93. The van der Waals surface area contributed by atoms with E-state index >= 15 is 0 Å². The molecule has 9 heteroatoms. The van der Waals surface area contributed by atoms with Crippen molar-refractivity contribution in [2.24, 2.45) is 0 Å². The molecule has 0 aliphatic carbocycles. The van der Waals surface area contributed by atoms with Crippen molar-refractivity contribution >= 4 is 27.5 Å². The van der Waals surface area contributed by atoms with Crippen LogP contribution in [-0.4, -0.2) is 25.8 Å². The summed E-state index contributed by atoms with van der Waals surface area (Å²) in [7, 11) is -5.81. The summed E-state index contributed by atoms with van der Waals surface area (Å²) in [6.07, 6.45) is -1.80. The fourth-order valence-electron chi connectivity index (χ4n) is 1.16. The van der Waals surface area contributed by atoms with E-state index in [0.717, 1.165) is 6.92 Å². The fraction of sp³-hybridized carbons (Fsp3) is 0.300. The molecule has 0 bridgehead atoms. The molecule has 0 saturated carbocycles. The molecule has 0 aliphatic heterocycles. The van der Waals surface area contributed by atoms with Crippen molar-refractivity contribution in [2.75, 3.05) is 0 Å². The van der Waals surface area contributed by atoms with Crippen LogP contribution in [0, 0.1) is 0 Å². The predicted octanol–water partition coefficient (Wildman–Crippen LogP) is 2.78. The minimum Gasteiger partial charge on any atom is -0.291 e. The number of halogens is 4. The Kier molecular flexibility index (Phi) is 4.59. The average molecular weight is 317 g/mol. The van der Waals surface area contributed by atoms with Crippen LogP contribution >= 0.6 is 11.6 Å². The van der Waals surface area contributed by atoms with Gasteiger partial charge >= 0.3 is 15.6 Å². The van der Waals surface area contributed by atoms with Gasteiger partial charge < -0.3 is 0 Å². The van der Waals surface area contributed by atoms with E-state index in [0.29, 0.717) is 0 Å². The maximum absolute atomic E-state index is 12.1. The summed E-state index contributed by atoms with van der Waals surface area (Å²) in [5.41, 5.74) is -5.62. The molecule has 0 amide bonds. The molecular formula is C10H8ClF3O4S. The molecule has 0 radical (unpaired) electrons. The van der Waals surface area contributed by atoms with Gasteiger partial charge in [0, 0.05) is 10.6 Å². The summed E-state index contributed by atoms with van der Waals surface area (Å²) in [5.74, 6) is -0.921. The van der Waals surface area contributed by atoms with Gasteiger partial charge in [0.1, 0.15) is 6.10 Å². The first kappa shape index (κ1) is 15.9. The molecule has 0 aliphatic rings. The van der Waals surface area contributed by atoms with E-state index < -0.39 is 27.5 Å². The highest BCUT2D eigenvalue weighted by Crippen LogP contribution is 2.26. The third kappa shape index (κ3) is 3.92. The van der Waals surface area contributed by atoms with E-state index in [-0.39, 0.29) is 10.6 Å². The summed E-state index contributed by atoms with van der Waals surface area (Å²) in [6, 6.07) is 5.34. The van der Waals surface area contributed by atoms with Gasteiger partial charge in [0.15, 0.2) is 5.78 Å². The van der Waals surface area contributed by atoms with Crippen LogP contribution in [0.1, 0.15) is 17.3 Å². The SMILES string of the molecule is C[C@@H](OS(=O)(=O)C(F)(F)F)C(=O)c1cccc(Cl)c1. The van der Waals surface area contributed by atoms with Crippen LogP contribution in [0.3, 0.4) is 0 Å². The van der Waals surface area contributed by atoms with Crippen molar-refractivity contribution in [2.45, 2.75) is 18.5 Å². The maximum atomic E-state index is 12.1. The van der Waals surface area contributed by atoms with Gasteiger partial charge in [-0.2, -0.15) is 21.6 Å². The highest BCUT2D eigenvalue weighted by molar-refractivity contribution is 7.87. The third-order valence-corrected chi connectivity index (χ3v) is 3.38. The van der Waals surface area contributed by atoms with E-state index in [4.69, 9.17) is 11.6 Å². The number of Topliss-reactive ketones (excluding diaryl/α,β-unsaturated/α-hetero) is 1. The van der Waals surface area contributed by atoms with Gasteiger partial charge in [0.2, 0.25) is 0 Å². The first-order valence-corrected chi connectivity index (χ1v) is 6.62. The molecular weight excluding hydrogens is 309 g/mol. The minimum absolute atomic E-state index is 0.0441. The Labute approximate surface area is 112 Å². The number of benzene rings is 1. The van der Waals surface area contributed by atoms with Crippen molar-refractivity contribution in [3.63, 3.8) is 0 Å². The van der Waals surface area contributed by atoms with Crippen molar-refractivity contribution in [1.29, 1.82) is 0 Å². The molecule has 4 nitrogen and oxygen atoms in total.